The second-order valence-corrected chi connectivity index (χ2v) is 4.76. The Morgan fingerprint density at radius 1 is 1.05 bits per heavy atom. The summed E-state index contributed by atoms with van der Waals surface area (Å²) in [5.41, 5.74) is 8.73. The minimum absolute atomic E-state index is 0.150. The molecule has 0 atom stereocenters. The van der Waals surface area contributed by atoms with Crippen molar-refractivity contribution in [3.8, 4) is 0 Å². The Hall–Kier alpha value is -2.88. The molecular weight excluding hydrogens is 262 g/mol. The van der Waals surface area contributed by atoms with Gasteiger partial charge in [-0.1, -0.05) is 36.4 Å². The van der Waals surface area contributed by atoms with Crippen molar-refractivity contribution in [3.05, 3.63) is 71.9 Å². The van der Waals surface area contributed by atoms with E-state index < -0.39 is 0 Å². The van der Waals surface area contributed by atoms with Crippen molar-refractivity contribution in [3.63, 3.8) is 0 Å². The lowest BCUT2D eigenvalue weighted by Gasteiger charge is -2.09. The third-order valence-corrected chi connectivity index (χ3v) is 3.37. The topological polar surface area (TPSA) is 68.0 Å². The summed E-state index contributed by atoms with van der Waals surface area (Å²) in [5.74, 6) is -0.150. The third kappa shape index (κ3) is 2.69. The van der Waals surface area contributed by atoms with Crippen LogP contribution in [0.15, 0.2) is 60.8 Å². The van der Waals surface area contributed by atoms with Crippen molar-refractivity contribution in [2.75, 3.05) is 5.73 Å². The van der Waals surface area contributed by atoms with Gasteiger partial charge in [-0.05, 0) is 23.8 Å². The van der Waals surface area contributed by atoms with E-state index in [1.54, 1.807) is 12.3 Å². The molecule has 3 rings (SSSR count). The molecule has 3 aromatic rings. The number of carbonyl (C=O) groups excluding carboxylic acids is 1. The predicted molar refractivity (Wildman–Crippen MR) is 83.8 cm³/mol. The highest BCUT2D eigenvalue weighted by molar-refractivity contribution is 6.05. The van der Waals surface area contributed by atoms with Gasteiger partial charge in [-0.15, -0.1) is 0 Å². The van der Waals surface area contributed by atoms with Crippen molar-refractivity contribution in [2.24, 2.45) is 0 Å². The number of nitrogens with one attached hydrogen (secondary N) is 1. The molecule has 0 aliphatic rings. The Morgan fingerprint density at radius 2 is 1.86 bits per heavy atom. The van der Waals surface area contributed by atoms with E-state index in [1.165, 1.54) is 0 Å². The Kier molecular flexibility index (Phi) is 3.51. The number of benzene rings is 2. The van der Waals surface area contributed by atoms with Crippen molar-refractivity contribution >= 4 is 22.5 Å². The number of anilines is 1. The third-order valence-electron chi connectivity index (χ3n) is 3.37. The van der Waals surface area contributed by atoms with Crippen LogP contribution in [0.2, 0.25) is 0 Å². The summed E-state index contributed by atoms with van der Waals surface area (Å²) < 4.78 is 0. The molecule has 104 valence electrons. The molecule has 0 aliphatic heterocycles. The van der Waals surface area contributed by atoms with Crippen molar-refractivity contribution in [1.82, 2.24) is 10.3 Å². The van der Waals surface area contributed by atoms with Crippen LogP contribution >= 0.6 is 0 Å². The van der Waals surface area contributed by atoms with Gasteiger partial charge in [-0.25, -0.2) is 0 Å². The summed E-state index contributed by atoms with van der Waals surface area (Å²) in [4.78, 5) is 16.6. The van der Waals surface area contributed by atoms with Crippen molar-refractivity contribution in [1.29, 1.82) is 0 Å². The van der Waals surface area contributed by atoms with E-state index in [2.05, 4.69) is 10.3 Å². The van der Waals surface area contributed by atoms with Crippen LogP contribution in [0.25, 0.3) is 10.9 Å². The van der Waals surface area contributed by atoms with E-state index in [0.717, 1.165) is 10.9 Å². The zero-order valence-corrected chi connectivity index (χ0v) is 11.4. The highest BCUT2D eigenvalue weighted by Gasteiger charge is 2.10. The molecule has 2 aromatic carbocycles. The number of carbonyl (C=O) groups is 1. The summed E-state index contributed by atoms with van der Waals surface area (Å²) in [6.07, 6.45) is 1.69. The van der Waals surface area contributed by atoms with Crippen LogP contribution in [0.4, 0.5) is 5.69 Å². The normalized spacial score (nSPS) is 10.5. The number of nitrogen functional groups attached to an aromatic ring is 1. The lowest BCUT2D eigenvalue weighted by atomic mass is 10.1. The summed E-state index contributed by atoms with van der Waals surface area (Å²) in [5, 5.41) is 3.84. The predicted octanol–water partition coefficient (Wildman–Crippen LogP) is 2.75. The van der Waals surface area contributed by atoms with Gasteiger partial charge in [0.2, 0.25) is 0 Å². The second kappa shape index (κ2) is 5.63. The fourth-order valence-corrected chi connectivity index (χ4v) is 2.25. The monoisotopic (exact) mass is 277 g/mol. The minimum Gasteiger partial charge on any atom is -0.398 e. The largest absolute Gasteiger partial charge is 0.398 e. The highest BCUT2D eigenvalue weighted by atomic mass is 16.1. The highest BCUT2D eigenvalue weighted by Crippen LogP contribution is 2.16. The lowest BCUT2D eigenvalue weighted by Crippen LogP contribution is -2.23. The number of hydrogen-bond acceptors (Lipinski definition) is 3. The summed E-state index contributed by atoms with van der Waals surface area (Å²) in [7, 11) is 0. The Labute approximate surface area is 122 Å². The van der Waals surface area contributed by atoms with E-state index in [4.69, 9.17) is 5.73 Å². The number of amides is 1. The first-order valence-electron chi connectivity index (χ1n) is 6.71. The Morgan fingerprint density at radius 3 is 2.71 bits per heavy atom. The quantitative estimate of drug-likeness (QED) is 0.723. The zero-order valence-electron chi connectivity index (χ0n) is 11.4. The molecule has 3 N–H and O–H groups in total. The van der Waals surface area contributed by atoms with Gasteiger partial charge in [0, 0.05) is 23.8 Å². The van der Waals surface area contributed by atoms with Crippen LogP contribution in [0.3, 0.4) is 0 Å². The molecule has 4 nitrogen and oxygen atoms in total. The van der Waals surface area contributed by atoms with Crippen LogP contribution in [-0.2, 0) is 6.54 Å². The molecule has 0 unspecified atom stereocenters. The molecule has 1 amide bonds. The second-order valence-electron chi connectivity index (χ2n) is 4.76. The van der Waals surface area contributed by atoms with Gasteiger partial charge in [0.25, 0.3) is 5.91 Å². The van der Waals surface area contributed by atoms with Crippen LogP contribution in [-0.4, -0.2) is 10.9 Å². The van der Waals surface area contributed by atoms with E-state index in [1.807, 2.05) is 48.5 Å². The number of pyridine rings is 1. The molecule has 4 heteroatoms. The smallest absolute Gasteiger partial charge is 0.253 e. The summed E-state index contributed by atoms with van der Waals surface area (Å²) >= 11 is 0. The standard InChI is InChI=1S/C17H15N3O/c18-15-9-2-1-5-13(15)11-20-17(21)14-8-3-6-12-7-4-10-19-16(12)14/h1-10H,11,18H2,(H,20,21). The lowest BCUT2D eigenvalue weighted by molar-refractivity contribution is 0.0952. The van der Waals surface area contributed by atoms with Crippen molar-refractivity contribution < 1.29 is 4.79 Å². The average Bonchev–Trinajstić information content (AvgIpc) is 2.53. The Balaban J connectivity index is 1.83. The fraction of sp³-hybridized carbons (Fsp3) is 0.0588. The summed E-state index contributed by atoms with van der Waals surface area (Å²) in [6.45, 7) is 0.398. The Bertz CT molecular complexity index is 793. The van der Waals surface area contributed by atoms with Crippen LogP contribution in [0.5, 0.6) is 0 Å². The van der Waals surface area contributed by atoms with E-state index in [9.17, 15) is 4.79 Å². The zero-order chi connectivity index (χ0) is 14.7. The van der Waals surface area contributed by atoms with Gasteiger partial charge >= 0.3 is 0 Å². The number of rotatable bonds is 3. The molecule has 0 saturated heterocycles. The van der Waals surface area contributed by atoms with Gasteiger partial charge in [0.15, 0.2) is 0 Å². The van der Waals surface area contributed by atoms with Gasteiger partial charge in [-0.2, -0.15) is 0 Å². The van der Waals surface area contributed by atoms with Crippen LogP contribution in [0, 0.1) is 0 Å². The molecule has 1 heterocycles. The van der Waals surface area contributed by atoms with Gasteiger partial charge in [-0.3, -0.25) is 9.78 Å². The maximum atomic E-state index is 12.4. The molecule has 0 fully saturated rings. The number of nitrogens with zero attached hydrogens (tertiary/aromatic N) is 1. The molecule has 0 radical (unpaired) electrons. The molecule has 1 aromatic heterocycles. The average molecular weight is 277 g/mol. The van der Waals surface area contributed by atoms with Crippen molar-refractivity contribution in [2.45, 2.75) is 6.54 Å². The molecule has 21 heavy (non-hydrogen) atoms. The van der Waals surface area contributed by atoms with Crippen LogP contribution in [0.1, 0.15) is 15.9 Å². The molecule has 0 aliphatic carbocycles. The number of fused-ring (bicyclic) bond motifs is 1. The molecule has 0 bridgehead atoms. The van der Waals surface area contributed by atoms with Gasteiger partial charge < -0.3 is 11.1 Å². The number of aromatic nitrogens is 1. The number of para-hydroxylation sites is 2. The minimum atomic E-state index is -0.150. The fourth-order valence-electron chi connectivity index (χ4n) is 2.25. The molecule has 0 saturated carbocycles. The first-order chi connectivity index (χ1) is 10.3. The number of hydrogen-bond donors (Lipinski definition) is 2. The maximum absolute atomic E-state index is 12.4. The maximum Gasteiger partial charge on any atom is 0.253 e. The van der Waals surface area contributed by atoms with E-state index in [-0.39, 0.29) is 5.91 Å². The number of nitrogens with two attached hydrogens (primary N) is 1. The van der Waals surface area contributed by atoms with E-state index >= 15 is 0 Å². The van der Waals surface area contributed by atoms with Crippen LogP contribution < -0.4 is 11.1 Å². The SMILES string of the molecule is Nc1ccccc1CNC(=O)c1cccc2cccnc12. The first-order valence-corrected chi connectivity index (χ1v) is 6.71. The molecule has 0 spiro atoms. The first kappa shape index (κ1) is 13.1. The van der Waals surface area contributed by atoms with Gasteiger partial charge in [0.05, 0.1) is 11.1 Å². The summed E-state index contributed by atoms with van der Waals surface area (Å²) in [6, 6.07) is 16.9. The van der Waals surface area contributed by atoms with Gasteiger partial charge in [0.1, 0.15) is 0 Å². The van der Waals surface area contributed by atoms with E-state index in [0.29, 0.717) is 23.3 Å². The molecular formula is C17H15N3O.